The van der Waals surface area contributed by atoms with Crippen LogP contribution in [0.3, 0.4) is 0 Å². The Bertz CT molecular complexity index is 269. The second-order valence-corrected chi connectivity index (χ2v) is 3.57. The van der Waals surface area contributed by atoms with Crippen molar-refractivity contribution in [3.63, 3.8) is 0 Å². The first-order chi connectivity index (χ1) is 5.34. The van der Waals surface area contributed by atoms with Crippen LogP contribution < -0.4 is 0 Å². The molecule has 0 bridgehead atoms. The predicted octanol–water partition coefficient (Wildman–Crippen LogP) is 2.25. The summed E-state index contributed by atoms with van der Waals surface area (Å²) in [5.41, 5.74) is 0. The molecule has 0 saturated carbocycles. The highest BCUT2D eigenvalue weighted by Crippen LogP contribution is 2.11. The Balaban J connectivity index is 2.51. The molecule has 11 heavy (non-hydrogen) atoms. The number of ketones is 1. The summed E-state index contributed by atoms with van der Waals surface area (Å²) in [7, 11) is 0. The SMILES string of the molecule is C#CSCC(=O)c1cccs1. The van der Waals surface area contributed by atoms with Crippen LogP contribution in [0.15, 0.2) is 17.5 Å². The summed E-state index contributed by atoms with van der Waals surface area (Å²) in [5.74, 6) is 0.500. The van der Waals surface area contributed by atoms with E-state index < -0.39 is 0 Å². The minimum absolute atomic E-state index is 0.114. The maximum atomic E-state index is 11.2. The Labute approximate surface area is 73.8 Å². The van der Waals surface area contributed by atoms with Gasteiger partial charge >= 0.3 is 0 Å². The van der Waals surface area contributed by atoms with Crippen molar-refractivity contribution in [2.45, 2.75) is 0 Å². The molecule has 0 aliphatic heterocycles. The number of thioether (sulfide) groups is 1. The van der Waals surface area contributed by atoms with E-state index in [0.717, 1.165) is 4.88 Å². The Morgan fingerprint density at radius 3 is 3.18 bits per heavy atom. The van der Waals surface area contributed by atoms with Crippen LogP contribution in [0.2, 0.25) is 0 Å². The molecule has 0 atom stereocenters. The standard InChI is InChI=1S/C8H6OS2/c1-2-10-6-7(9)8-4-3-5-11-8/h1,3-5H,6H2. The lowest BCUT2D eigenvalue weighted by Gasteiger charge is -1.90. The number of terminal acetylenes is 1. The van der Waals surface area contributed by atoms with Crippen LogP contribution >= 0.6 is 23.1 Å². The summed E-state index contributed by atoms with van der Waals surface area (Å²) in [6.45, 7) is 0. The van der Waals surface area contributed by atoms with E-state index in [2.05, 4.69) is 5.25 Å². The molecule has 0 amide bonds. The monoisotopic (exact) mass is 182 g/mol. The average molecular weight is 182 g/mol. The highest BCUT2D eigenvalue weighted by molar-refractivity contribution is 8.04. The maximum absolute atomic E-state index is 11.2. The van der Waals surface area contributed by atoms with Crippen LogP contribution in [0.25, 0.3) is 0 Å². The first kappa shape index (κ1) is 8.38. The Morgan fingerprint density at radius 2 is 2.64 bits per heavy atom. The molecule has 1 aromatic heterocycles. The molecule has 1 aromatic rings. The van der Waals surface area contributed by atoms with Crippen molar-refractivity contribution in [3.8, 4) is 11.7 Å². The largest absolute Gasteiger partial charge is 0.292 e. The average Bonchev–Trinajstić information content (AvgIpc) is 2.52. The summed E-state index contributed by atoms with van der Waals surface area (Å²) in [5, 5.41) is 4.24. The van der Waals surface area contributed by atoms with Crippen LogP contribution in [-0.2, 0) is 0 Å². The first-order valence-corrected chi connectivity index (χ1v) is 4.85. The quantitative estimate of drug-likeness (QED) is 0.527. The minimum atomic E-state index is 0.114. The van der Waals surface area contributed by atoms with Gasteiger partial charge in [-0.15, -0.1) is 17.8 Å². The number of hydrogen-bond acceptors (Lipinski definition) is 3. The van der Waals surface area contributed by atoms with Gasteiger partial charge in [0.1, 0.15) is 0 Å². The van der Waals surface area contributed by atoms with Gasteiger partial charge < -0.3 is 0 Å². The predicted molar refractivity (Wildman–Crippen MR) is 49.9 cm³/mol. The van der Waals surface area contributed by atoms with Gasteiger partial charge in [-0.3, -0.25) is 4.79 Å². The van der Waals surface area contributed by atoms with E-state index in [1.807, 2.05) is 17.5 Å². The number of Topliss-reactive ketones (excluding diaryl/α,β-unsaturated/α-hetero) is 1. The van der Waals surface area contributed by atoms with Crippen LogP contribution in [0, 0.1) is 11.7 Å². The lowest BCUT2D eigenvalue weighted by molar-refractivity contribution is 0.102. The summed E-state index contributed by atoms with van der Waals surface area (Å²) in [6.07, 6.45) is 4.99. The molecule has 0 aromatic carbocycles. The lowest BCUT2D eigenvalue weighted by Crippen LogP contribution is -1.97. The highest BCUT2D eigenvalue weighted by atomic mass is 32.2. The van der Waals surface area contributed by atoms with E-state index in [1.54, 1.807) is 0 Å². The van der Waals surface area contributed by atoms with E-state index >= 15 is 0 Å². The van der Waals surface area contributed by atoms with E-state index in [9.17, 15) is 4.79 Å². The van der Waals surface area contributed by atoms with E-state index in [1.165, 1.54) is 23.1 Å². The van der Waals surface area contributed by atoms with Crippen molar-refractivity contribution in [3.05, 3.63) is 22.4 Å². The van der Waals surface area contributed by atoms with Gasteiger partial charge in [-0.05, 0) is 16.7 Å². The zero-order chi connectivity index (χ0) is 8.10. The number of carbonyl (C=O) groups excluding carboxylic acids is 1. The molecule has 0 fully saturated rings. The molecule has 0 spiro atoms. The van der Waals surface area contributed by atoms with Gasteiger partial charge in [0.15, 0.2) is 5.78 Å². The third kappa shape index (κ3) is 2.41. The second kappa shape index (κ2) is 4.22. The summed E-state index contributed by atoms with van der Waals surface area (Å²) < 4.78 is 0. The summed E-state index contributed by atoms with van der Waals surface area (Å²) in [6, 6.07) is 3.67. The Hall–Kier alpha value is -0.720. The number of hydrogen-bond donors (Lipinski definition) is 0. The van der Waals surface area contributed by atoms with Crippen LogP contribution in [0.4, 0.5) is 0 Å². The molecule has 1 heterocycles. The minimum Gasteiger partial charge on any atom is -0.292 e. The molecule has 56 valence electrons. The normalized spacial score (nSPS) is 9.00. The van der Waals surface area contributed by atoms with Gasteiger partial charge in [0, 0.05) is 0 Å². The molecule has 0 N–H and O–H groups in total. The number of carbonyl (C=O) groups is 1. The summed E-state index contributed by atoms with van der Waals surface area (Å²) >= 11 is 2.65. The second-order valence-electron chi connectivity index (χ2n) is 1.81. The molecule has 3 heteroatoms. The molecule has 0 unspecified atom stereocenters. The molecular formula is C8H6OS2. The fraction of sp³-hybridized carbons (Fsp3) is 0.125. The maximum Gasteiger partial charge on any atom is 0.183 e. The van der Waals surface area contributed by atoms with Gasteiger partial charge in [0.25, 0.3) is 0 Å². The molecular weight excluding hydrogens is 176 g/mol. The molecule has 0 aliphatic carbocycles. The van der Waals surface area contributed by atoms with Crippen molar-refractivity contribution >= 4 is 28.9 Å². The van der Waals surface area contributed by atoms with Crippen molar-refractivity contribution in [1.82, 2.24) is 0 Å². The van der Waals surface area contributed by atoms with Gasteiger partial charge in [-0.25, -0.2) is 0 Å². The van der Waals surface area contributed by atoms with Crippen molar-refractivity contribution in [2.75, 3.05) is 5.75 Å². The van der Waals surface area contributed by atoms with Crippen LogP contribution in [0.5, 0.6) is 0 Å². The van der Waals surface area contributed by atoms with Gasteiger partial charge in [-0.2, -0.15) is 0 Å². The van der Waals surface area contributed by atoms with Crippen LogP contribution in [-0.4, -0.2) is 11.5 Å². The van der Waals surface area contributed by atoms with Crippen molar-refractivity contribution in [1.29, 1.82) is 0 Å². The van der Waals surface area contributed by atoms with E-state index in [-0.39, 0.29) is 5.78 Å². The highest BCUT2D eigenvalue weighted by Gasteiger charge is 2.04. The zero-order valence-electron chi connectivity index (χ0n) is 5.74. The van der Waals surface area contributed by atoms with Gasteiger partial charge in [-0.1, -0.05) is 17.8 Å². The van der Waals surface area contributed by atoms with E-state index in [4.69, 9.17) is 6.42 Å². The van der Waals surface area contributed by atoms with E-state index in [0.29, 0.717) is 5.75 Å². The fourth-order valence-corrected chi connectivity index (χ4v) is 1.74. The third-order valence-electron chi connectivity index (χ3n) is 1.08. The lowest BCUT2D eigenvalue weighted by atomic mass is 10.4. The first-order valence-electron chi connectivity index (χ1n) is 2.98. The smallest absolute Gasteiger partial charge is 0.183 e. The Morgan fingerprint density at radius 1 is 1.82 bits per heavy atom. The fourth-order valence-electron chi connectivity index (χ4n) is 0.616. The van der Waals surface area contributed by atoms with Gasteiger partial charge in [0.2, 0.25) is 0 Å². The number of rotatable bonds is 3. The molecule has 1 nitrogen and oxygen atoms in total. The summed E-state index contributed by atoms with van der Waals surface area (Å²) in [4.78, 5) is 11.9. The van der Waals surface area contributed by atoms with Gasteiger partial charge in [0.05, 0.1) is 10.6 Å². The zero-order valence-corrected chi connectivity index (χ0v) is 7.37. The van der Waals surface area contributed by atoms with Crippen molar-refractivity contribution in [2.24, 2.45) is 0 Å². The third-order valence-corrected chi connectivity index (χ3v) is 2.57. The van der Waals surface area contributed by atoms with Crippen molar-refractivity contribution < 1.29 is 4.79 Å². The molecule has 0 saturated heterocycles. The Kier molecular flexibility index (Phi) is 3.21. The number of thiophene rings is 1. The molecule has 0 aliphatic rings. The topological polar surface area (TPSA) is 17.1 Å². The van der Waals surface area contributed by atoms with Crippen LogP contribution in [0.1, 0.15) is 9.67 Å². The molecule has 1 rings (SSSR count). The molecule has 0 radical (unpaired) electrons.